The third-order valence-corrected chi connectivity index (χ3v) is 3.19. The maximum atomic E-state index is 12.0. The van der Waals surface area contributed by atoms with Gasteiger partial charge in [0.15, 0.2) is 5.65 Å². The normalized spacial score (nSPS) is 11.5. The van der Waals surface area contributed by atoms with Crippen LogP contribution in [-0.2, 0) is 0 Å². The Labute approximate surface area is 137 Å². The quantitative estimate of drug-likeness (QED) is 0.577. The van der Waals surface area contributed by atoms with E-state index in [-0.39, 0.29) is 5.82 Å². The van der Waals surface area contributed by atoms with Crippen LogP contribution in [0.2, 0.25) is 0 Å². The molecule has 0 saturated carbocycles. The molecule has 0 unspecified atom stereocenters. The third-order valence-electron chi connectivity index (χ3n) is 3.19. The molecule has 0 aliphatic rings. The van der Waals surface area contributed by atoms with Gasteiger partial charge in [-0.2, -0.15) is 13.2 Å². The Morgan fingerprint density at radius 1 is 1.16 bits per heavy atom. The van der Waals surface area contributed by atoms with E-state index >= 15 is 0 Å². The number of halogens is 3. The van der Waals surface area contributed by atoms with Gasteiger partial charge in [0.05, 0.1) is 5.52 Å². The van der Waals surface area contributed by atoms with Gasteiger partial charge in [-0.15, -0.1) is 0 Å². The summed E-state index contributed by atoms with van der Waals surface area (Å²) in [6.07, 6.45) is -1.56. The number of fused-ring (bicyclic) bond motifs is 1. The summed E-state index contributed by atoms with van der Waals surface area (Å²) in [5, 5.41) is 3.87. The zero-order chi connectivity index (χ0) is 18.0. The van der Waals surface area contributed by atoms with E-state index in [1.165, 1.54) is 18.5 Å². The van der Waals surface area contributed by atoms with Crippen LogP contribution in [0.25, 0.3) is 22.3 Å². The summed E-state index contributed by atoms with van der Waals surface area (Å²) >= 11 is 0. The van der Waals surface area contributed by atoms with Crippen molar-refractivity contribution in [2.75, 3.05) is 11.9 Å². The van der Waals surface area contributed by atoms with E-state index in [9.17, 15) is 22.8 Å². The number of rotatable bonds is 3. The summed E-state index contributed by atoms with van der Waals surface area (Å²) < 4.78 is 36.1. The molecule has 0 aliphatic carbocycles. The maximum absolute atomic E-state index is 12.0. The number of alkyl halides is 3. The summed E-state index contributed by atoms with van der Waals surface area (Å²) in [4.78, 5) is 35.9. The fourth-order valence-electron chi connectivity index (χ4n) is 2.14. The molecule has 8 nitrogen and oxygen atoms in total. The summed E-state index contributed by atoms with van der Waals surface area (Å²) in [7, 11) is 0. The van der Waals surface area contributed by atoms with Crippen molar-refractivity contribution in [2.24, 2.45) is 0 Å². The second-order valence-electron chi connectivity index (χ2n) is 5.02. The van der Waals surface area contributed by atoms with Crippen LogP contribution in [0.5, 0.6) is 0 Å². The Bertz CT molecular complexity index is 961. The monoisotopic (exact) mass is 352 g/mol. The van der Waals surface area contributed by atoms with Crippen LogP contribution in [0, 0.1) is 0 Å². The van der Waals surface area contributed by atoms with E-state index in [0.29, 0.717) is 22.3 Å². The minimum atomic E-state index is -4.49. The number of hydrogen-bond donors (Lipinski definition) is 4. The van der Waals surface area contributed by atoms with E-state index in [2.05, 4.69) is 25.3 Å². The van der Waals surface area contributed by atoms with Crippen LogP contribution in [0.15, 0.2) is 35.4 Å². The fraction of sp³-hybridized carbons (Fsp3) is 0.143. The highest BCUT2D eigenvalue weighted by atomic mass is 19.4. The number of H-pyrrole nitrogens is 2. The Morgan fingerprint density at radius 2 is 1.96 bits per heavy atom. The zero-order valence-electron chi connectivity index (χ0n) is 12.4. The van der Waals surface area contributed by atoms with Gasteiger partial charge in [-0.1, -0.05) is 0 Å². The molecule has 0 bridgehead atoms. The molecule has 3 rings (SSSR count). The van der Waals surface area contributed by atoms with Gasteiger partial charge < -0.3 is 10.3 Å². The summed E-state index contributed by atoms with van der Waals surface area (Å²) in [6, 6.07) is 3.69. The third kappa shape index (κ3) is 3.94. The van der Waals surface area contributed by atoms with E-state index in [0.717, 1.165) is 0 Å². The molecular weight excluding hydrogens is 341 g/mol. The van der Waals surface area contributed by atoms with E-state index in [1.807, 2.05) is 0 Å². The van der Waals surface area contributed by atoms with Gasteiger partial charge in [0.1, 0.15) is 12.4 Å². The van der Waals surface area contributed by atoms with Crippen molar-refractivity contribution in [1.29, 1.82) is 0 Å². The Balaban J connectivity index is 1.76. The van der Waals surface area contributed by atoms with Gasteiger partial charge in [-0.05, 0) is 18.2 Å². The molecule has 0 atom stereocenters. The lowest BCUT2D eigenvalue weighted by atomic mass is 10.1. The van der Waals surface area contributed by atoms with E-state index in [4.69, 9.17) is 0 Å². The predicted octanol–water partition coefficient (Wildman–Crippen LogP) is 2.00. The number of nitrogens with one attached hydrogen (secondary N) is 4. The van der Waals surface area contributed by atoms with Gasteiger partial charge in [0.25, 0.3) is 0 Å². The Morgan fingerprint density at radius 3 is 2.64 bits per heavy atom. The number of carbonyl (C=O) groups excluding carboxylic acids is 1. The first-order valence-corrected chi connectivity index (χ1v) is 6.97. The molecule has 0 aromatic carbocycles. The van der Waals surface area contributed by atoms with Gasteiger partial charge in [0, 0.05) is 23.5 Å². The van der Waals surface area contributed by atoms with Gasteiger partial charge in [-0.3, -0.25) is 10.3 Å². The van der Waals surface area contributed by atoms with Gasteiger partial charge in [-0.25, -0.2) is 19.6 Å². The first-order valence-electron chi connectivity index (χ1n) is 6.97. The highest BCUT2D eigenvalue weighted by Crippen LogP contribution is 2.24. The van der Waals surface area contributed by atoms with Crippen molar-refractivity contribution in [1.82, 2.24) is 25.3 Å². The number of anilines is 1. The molecule has 0 aliphatic heterocycles. The maximum Gasteiger partial charge on any atom is 0.405 e. The first-order chi connectivity index (χ1) is 11.8. The zero-order valence-corrected chi connectivity index (χ0v) is 12.4. The predicted molar refractivity (Wildman–Crippen MR) is 83.0 cm³/mol. The molecule has 0 spiro atoms. The van der Waals surface area contributed by atoms with Crippen LogP contribution >= 0.6 is 0 Å². The molecule has 3 heterocycles. The molecular formula is C14H11F3N6O2. The second kappa shape index (κ2) is 6.26. The smallest absolute Gasteiger partial charge is 0.329 e. The van der Waals surface area contributed by atoms with Crippen molar-refractivity contribution < 1.29 is 18.0 Å². The van der Waals surface area contributed by atoms with Crippen molar-refractivity contribution >= 4 is 23.0 Å². The number of carbonyl (C=O) groups is 1. The number of pyridine rings is 2. The van der Waals surface area contributed by atoms with Crippen LogP contribution in [-0.4, -0.2) is 38.7 Å². The minimum absolute atomic E-state index is 0.0799. The Hall–Kier alpha value is -3.37. The van der Waals surface area contributed by atoms with Crippen LogP contribution in [0.4, 0.5) is 23.8 Å². The Kier molecular flexibility index (Phi) is 4.13. The van der Waals surface area contributed by atoms with Crippen LogP contribution in [0.1, 0.15) is 0 Å². The van der Waals surface area contributed by atoms with E-state index in [1.54, 1.807) is 17.4 Å². The lowest BCUT2D eigenvalue weighted by Crippen LogP contribution is -2.36. The summed E-state index contributed by atoms with van der Waals surface area (Å²) in [5.41, 5.74) is 1.77. The average molecular weight is 352 g/mol. The molecule has 0 radical (unpaired) electrons. The fourth-order valence-corrected chi connectivity index (χ4v) is 2.14. The SMILES string of the molecule is O=C(NCC(F)(F)F)Nc1ccc(-c2ccnc3[nH]c(=O)[nH]c23)cn1. The number of amides is 2. The average Bonchev–Trinajstić information content (AvgIpc) is 2.93. The van der Waals surface area contributed by atoms with Crippen molar-refractivity contribution in [2.45, 2.75) is 6.18 Å². The van der Waals surface area contributed by atoms with Crippen molar-refractivity contribution in [3.63, 3.8) is 0 Å². The van der Waals surface area contributed by atoms with Crippen LogP contribution < -0.4 is 16.3 Å². The number of aromatic amines is 2. The molecule has 0 fully saturated rings. The highest BCUT2D eigenvalue weighted by Gasteiger charge is 2.27. The topological polar surface area (TPSA) is 116 Å². The molecule has 25 heavy (non-hydrogen) atoms. The number of nitrogens with zero attached hydrogens (tertiary/aromatic N) is 2. The summed E-state index contributed by atoms with van der Waals surface area (Å²) in [5.74, 6) is 0.0799. The summed E-state index contributed by atoms with van der Waals surface area (Å²) in [6.45, 7) is -1.44. The minimum Gasteiger partial charge on any atom is -0.329 e. The molecule has 0 saturated heterocycles. The van der Waals surface area contributed by atoms with E-state index < -0.39 is 24.4 Å². The number of hydrogen-bond acceptors (Lipinski definition) is 4. The second-order valence-corrected chi connectivity index (χ2v) is 5.02. The van der Waals surface area contributed by atoms with Gasteiger partial charge in [0.2, 0.25) is 0 Å². The first kappa shape index (κ1) is 16.5. The molecule has 4 N–H and O–H groups in total. The number of urea groups is 1. The molecule has 2 amide bonds. The lowest BCUT2D eigenvalue weighted by Gasteiger charge is -2.09. The number of aromatic nitrogens is 4. The number of imidazole rings is 1. The standard InChI is InChI=1S/C14H11F3N6O2/c15-14(16,17)6-20-12(24)21-9-2-1-7(5-19-9)8-3-4-18-11-10(8)22-13(25)23-11/h1-5H,6H2,(H2,18,22,23,25)(H2,19,20,21,24). The molecule has 130 valence electrons. The molecule has 11 heteroatoms. The molecule has 3 aromatic heterocycles. The highest BCUT2D eigenvalue weighted by molar-refractivity contribution is 5.90. The van der Waals surface area contributed by atoms with Crippen LogP contribution in [0.3, 0.4) is 0 Å². The van der Waals surface area contributed by atoms with Crippen molar-refractivity contribution in [3.05, 3.63) is 41.1 Å². The van der Waals surface area contributed by atoms with Gasteiger partial charge >= 0.3 is 17.9 Å². The molecule has 3 aromatic rings. The van der Waals surface area contributed by atoms with Crippen molar-refractivity contribution in [3.8, 4) is 11.1 Å². The lowest BCUT2D eigenvalue weighted by molar-refractivity contribution is -0.122. The largest absolute Gasteiger partial charge is 0.405 e.